The topological polar surface area (TPSA) is 103 Å². The number of furan rings is 1. The van der Waals surface area contributed by atoms with Crippen molar-refractivity contribution in [3.63, 3.8) is 0 Å². The SMILES string of the molecule is Cc1ccc([N+](=O)[O-])cc1Oc1ccc(C(=O)O)o1. The lowest BCUT2D eigenvalue weighted by molar-refractivity contribution is -0.384. The highest BCUT2D eigenvalue weighted by Gasteiger charge is 2.14. The number of carboxylic acid groups (broad SMARTS) is 1. The van der Waals surface area contributed by atoms with Gasteiger partial charge in [0.15, 0.2) is 0 Å². The molecule has 0 fully saturated rings. The van der Waals surface area contributed by atoms with Gasteiger partial charge in [-0.25, -0.2) is 4.79 Å². The van der Waals surface area contributed by atoms with Gasteiger partial charge in [0.25, 0.3) is 11.6 Å². The summed E-state index contributed by atoms with van der Waals surface area (Å²) in [7, 11) is 0. The average molecular weight is 263 g/mol. The van der Waals surface area contributed by atoms with Crippen molar-refractivity contribution in [1.29, 1.82) is 0 Å². The van der Waals surface area contributed by atoms with Crippen molar-refractivity contribution in [2.75, 3.05) is 0 Å². The Hall–Kier alpha value is -2.83. The van der Waals surface area contributed by atoms with Gasteiger partial charge in [-0.15, -0.1) is 0 Å². The van der Waals surface area contributed by atoms with Crippen molar-refractivity contribution in [3.05, 3.63) is 51.8 Å². The Kier molecular flexibility index (Phi) is 3.19. The molecule has 0 atom stereocenters. The highest BCUT2D eigenvalue weighted by atomic mass is 16.6. The summed E-state index contributed by atoms with van der Waals surface area (Å²) in [5.74, 6) is -1.29. The van der Waals surface area contributed by atoms with E-state index >= 15 is 0 Å². The van der Waals surface area contributed by atoms with E-state index in [1.807, 2.05) is 0 Å². The molecule has 1 N–H and O–H groups in total. The van der Waals surface area contributed by atoms with Crippen molar-refractivity contribution in [2.45, 2.75) is 6.92 Å². The number of carbonyl (C=O) groups is 1. The zero-order valence-corrected chi connectivity index (χ0v) is 9.82. The fourth-order valence-corrected chi connectivity index (χ4v) is 1.41. The Labute approximate surface area is 107 Å². The Morgan fingerprint density at radius 3 is 2.68 bits per heavy atom. The molecule has 2 aromatic rings. The van der Waals surface area contributed by atoms with Gasteiger partial charge in [0.1, 0.15) is 5.75 Å². The van der Waals surface area contributed by atoms with Gasteiger partial charge in [-0.2, -0.15) is 0 Å². The summed E-state index contributed by atoms with van der Waals surface area (Å²) in [6, 6.07) is 6.71. The molecule has 19 heavy (non-hydrogen) atoms. The normalized spacial score (nSPS) is 10.2. The molecule has 0 amide bonds. The van der Waals surface area contributed by atoms with Crippen LogP contribution in [-0.4, -0.2) is 16.0 Å². The van der Waals surface area contributed by atoms with Crippen LogP contribution in [0.1, 0.15) is 16.1 Å². The van der Waals surface area contributed by atoms with Crippen LogP contribution in [0.2, 0.25) is 0 Å². The van der Waals surface area contributed by atoms with Crippen molar-refractivity contribution in [1.82, 2.24) is 0 Å². The molecule has 1 aromatic heterocycles. The zero-order valence-electron chi connectivity index (χ0n) is 9.82. The highest BCUT2D eigenvalue weighted by Crippen LogP contribution is 2.29. The molecule has 0 aliphatic heterocycles. The third-order valence-corrected chi connectivity index (χ3v) is 2.39. The predicted molar refractivity (Wildman–Crippen MR) is 63.6 cm³/mol. The quantitative estimate of drug-likeness (QED) is 0.671. The molecule has 0 aliphatic carbocycles. The molecule has 0 aliphatic rings. The standard InChI is InChI=1S/C12H9NO6/c1-7-2-3-8(13(16)17)6-10(7)19-11-5-4-9(18-11)12(14)15/h2-6H,1H3,(H,14,15). The summed E-state index contributed by atoms with van der Waals surface area (Å²) in [5.41, 5.74) is 0.546. The first-order chi connectivity index (χ1) is 8.97. The third-order valence-electron chi connectivity index (χ3n) is 2.39. The number of rotatable bonds is 4. The maximum atomic E-state index is 10.7. The van der Waals surface area contributed by atoms with Crippen LogP contribution in [-0.2, 0) is 0 Å². The first kappa shape index (κ1) is 12.6. The summed E-state index contributed by atoms with van der Waals surface area (Å²) in [4.78, 5) is 20.8. The van der Waals surface area contributed by atoms with Crippen LogP contribution in [0.25, 0.3) is 0 Å². The summed E-state index contributed by atoms with van der Waals surface area (Å²) >= 11 is 0. The molecule has 0 bridgehead atoms. The third kappa shape index (κ3) is 2.71. The maximum absolute atomic E-state index is 10.7. The van der Waals surface area contributed by atoms with Crippen LogP contribution in [0.4, 0.5) is 5.69 Å². The maximum Gasteiger partial charge on any atom is 0.371 e. The minimum atomic E-state index is -1.22. The van der Waals surface area contributed by atoms with E-state index in [9.17, 15) is 14.9 Å². The van der Waals surface area contributed by atoms with Crippen molar-refractivity contribution < 1.29 is 24.0 Å². The number of non-ortho nitro benzene ring substituents is 1. The van der Waals surface area contributed by atoms with E-state index < -0.39 is 10.9 Å². The van der Waals surface area contributed by atoms with Gasteiger partial charge in [0.2, 0.25) is 5.76 Å². The molecular weight excluding hydrogens is 254 g/mol. The Bertz CT molecular complexity index is 645. The molecule has 0 spiro atoms. The van der Waals surface area contributed by atoms with Crippen molar-refractivity contribution in [3.8, 4) is 11.7 Å². The van der Waals surface area contributed by atoms with E-state index in [4.69, 9.17) is 14.3 Å². The molecular formula is C12H9NO6. The summed E-state index contributed by atoms with van der Waals surface area (Å²) in [6.45, 7) is 1.71. The zero-order chi connectivity index (χ0) is 14.0. The lowest BCUT2D eigenvalue weighted by Crippen LogP contribution is -1.93. The van der Waals surface area contributed by atoms with Gasteiger partial charge in [0.05, 0.1) is 11.0 Å². The van der Waals surface area contributed by atoms with Crippen LogP contribution < -0.4 is 4.74 Å². The van der Waals surface area contributed by atoms with Gasteiger partial charge >= 0.3 is 5.97 Å². The van der Waals surface area contributed by atoms with Crippen molar-refractivity contribution >= 4 is 11.7 Å². The average Bonchev–Trinajstić information content (AvgIpc) is 2.80. The van der Waals surface area contributed by atoms with Gasteiger partial charge in [-0.3, -0.25) is 10.1 Å². The number of benzene rings is 1. The molecule has 2 rings (SSSR count). The molecule has 1 heterocycles. The molecule has 0 radical (unpaired) electrons. The van der Waals surface area contributed by atoms with Gasteiger partial charge < -0.3 is 14.3 Å². The first-order valence-electron chi connectivity index (χ1n) is 5.23. The number of carboxylic acids is 1. The second-order valence-electron chi connectivity index (χ2n) is 3.73. The number of ether oxygens (including phenoxy) is 1. The second-order valence-corrected chi connectivity index (χ2v) is 3.73. The van der Waals surface area contributed by atoms with Crippen LogP contribution in [0.15, 0.2) is 34.7 Å². The van der Waals surface area contributed by atoms with Crippen LogP contribution in [0.3, 0.4) is 0 Å². The molecule has 98 valence electrons. The fourth-order valence-electron chi connectivity index (χ4n) is 1.41. The summed E-state index contributed by atoms with van der Waals surface area (Å²) in [6.07, 6.45) is 0. The molecule has 0 saturated heterocycles. The van der Waals surface area contributed by atoms with E-state index in [-0.39, 0.29) is 23.1 Å². The number of nitro groups is 1. The monoisotopic (exact) mass is 263 g/mol. The van der Waals surface area contributed by atoms with E-state index in [2.05, 4.69) is 0 Å². The smallest absolute Gasteiger partial charge is 0.371 e. The van der Waals surface area contributed by atoms with Crippen LogP contribution in [0, 0.1) is 17.0 Å². The lowest BCUT2D eigenvalue weighted by Gasteiger charge is -2.05. The highest BCUT2D eigenvalue weighted by molar-refractivity contribution is 5.84. The Balaban J connectivity index is 2.29. The Morgan fingerprint density at radius 2 is 2.11 bits per heavy atom. The van der Waals surface area contributed by atoms with E-state index in [0.29, 0.717) is 5.56 Å². The minimum absolute atomic E-state index is 0.0407. The van der Waals surface area contributed by atoms with Crippen molar-refractivity contribution in [2.24, 2.45) is 0 Å². The first-order valence-corrected chi connectivity index (χ1v) is 5.23. The predicted octanol–water partition coefficient (Wildman–Crippen LogP) is 2.99. The van der Waals surface area contributed by atoms with Crippen LogP contribution in [0.5, 0.6) is 11.7 Å². The molecule has 7 nitrogen and oxygen atoms in total. The molecule has 0 unspecified atom stereocenters. The number of hydrogen-bond acceptors (Lipinski definition) is 5. The number of hydrogen-bond donors (Lipinski definition) is 1. The molecule has 7 heteroatoms. The van der Waals surface area contributed by atoms with Gasteiger partial charge in [-0.05, 0) is 24.6 Å². The molecule has 1 aromatic carbocycles. The number of aryl methyl sites for hydroxylation is 1. The minimum Gasteiger partial charge on any atom is -0.475 e. The van der Waals surface area contributed by atoms with E-state index in [1.54, 1.807) is 6.92 Å². The number of nitro benzene ring substituents is 1. The van der Waals surface area contributed by atoms with E-state index in [0.717, 1.165) is 0 Å². The fraction of sp³-hybridized carbons (Fsp3) is 0.0833. The van der Waals surface area contributed by atoms with Crippen LogP contribution >= 0.6 is 0 Å². The second kappa shape index (κ2) is 4.81. The van der Waals surface area contributed by atoms with Gasteiger partial charge in [-0.1, -0.05) is 0 Å². The summed E-state index contributed by atoms with van der Waals surface area (Å²) < 4.78 is 10.2. The summed E-state index contributed by atoms with van der Waals surface area (Å²) in [5, 5.41) is 19.4. The largest absolute Gasteiger partial charge is 0.475 e. The van der Waals surface area contributed by atoms with Gasteiger partial charge in [0, 0.05) is 12.1 Å². The molecule has 0 saturated carbocycles. The van der Waals surface area contributed by atoms with E-state index in [1.165, 1.54) is 30.3 Å². The Morgan fingerprint density at radius 1 is 1.37 bits per heavy atom. The lowest BCUT2D eigenvalue weighted by atomic mass is 10.2. The number of nitrogens with zero attached hydrogens (tertiary/aromatic N) is 1. The number of aromatic carboxylic acids is 1.